The van der Waals surface area contributed by atoms with Crippen molar-refractivity contribution < 1.29 is 0 Å². The van der Waals surface area contributed by atoms with Crippen LogP contribution in [0.3, 0.4) is 0 Å². The SMILES string of the molecule is CCC(CC(C)c1ccc(CNc2ccc(C)cc2)cc1)c1ccccc1. The van der Waals surface area contributed by atoms with Crippen LogP contribution >= 0.6 is 0 Å². The lowest BCUT2D eigenvalue weighted by molar-refractivity contribution is 0.544. The Balaban J connectivity index is 1.58. The molecule has 0 heterocycles. The van der Waals surface area contributed by atoms with E-state index >= 15 is 0 Å². The average Bonchev–Trinajstić information content (AvgIpc) is 2.72. The van der Waals surface area contributed by atoms with Crippen molar-refractivity contribution in [2.45, 2.75) is 52.0 Å². The summed E-state index contributed by atoms with van der Waals surface area (Å²) < 4.78 is 0. The second-order valence-electron chi connectivity index (χ2n) is 7.61. The molecule has 0 aliphatic heterocycles. The maximum atomic E-state index is 3.50. The van der Waals surface area contributed by atoms with E-state index < -0.39 is 0 Å². The molecule has 1 N–H and O–H groups in total. The van der Waals surface area contributed by atoms with Gasteiger partial charge in [0.05, 0.1) is 0 Å². The van der Waals surface area contributed by atoms with Crippen LogP contribution in [0, 0.1) is 6.92 Å². The zero-order chi connectivity index (χ0) is 19.1. The van der Waals surface area contributed by atoms with E-state index in [9.17, 15) is 0 Å². The third-order valence-electron chi connectivity index (χ3n) is 5.50. The van der Waals surface area contributed by atoms with Gasteiger partial charge in [-0.2, -0.15) is 0 Å². The van der Waals surface area contributed by atoms with Crippen LogP contribution in [0.5, 0.6) is 0 Å². The lowest BCUT2D eigenvalue weighted by Crippen LogP contribution is -2.04. The van der Waals surface area contributed by atoms with E-state index in [1.54, 1.807) is 0 Å². The normalized spacial score (nSPS) is 13.1. The monoisotopic (exact) mass is 357 g/mol. The van der Waals surface area contributed by atoms with Crippen molar-refractivity contribution in [1.29, 1.82) is 0 Å². The van der Waals surface area contributed by atoms with E-state index in [1.807, 2.05) is 0 Å². The average molecular weight is 358 g/mol. The summed E-state index contributed by atoms with van der Waals surface area (Å²) in [7, 11) is 0. The molecule has 0 aliphatic carbocycles. The van der Waals surface area contributed by atoms with Gasteiger partial charge in [-0.1, -0.05) is 86.1 Å². The van der Waals surface area contributed by atoms with Gasteiger partial charge in [0.25, 0.3) is 0 Å². The Bertz CT molecular complexity index is 803. The molecule has 2 unspecified atom stereocenters. The molecule has 27 heavy (non-hydrogen) atoms. The summed E-state index contributed by atoms with van der Waals surface area (Å²) in [5.41, 5.74) is 6.68. The molecule has 0 fully saturated rings. The smallest absolute Gasteiger partial charge is 0.0400 e. The van der Waals surface area contributed by atoms with Crippen molar-refractivity contribution in [3.63, 3.8) is 0 Å². The molecule has 3 rings (SSSR count). The van der Waals surface area contributed by atoms with Crippen LogP contribution in [0.1, 0.15) is 60.8 Å². The number of aryl methyl sites for hydroxylation is 1. The van der Waals surface area contributed by atoms with Crippen LogP contribution in [-0.2, 0) is 6.54 Å². The zero-order valence-electron chi connectivity index (χ0n) is 16.8. The lowest BCUT2D eigenvalue weighted by atomic mass is 9.84. The molecule has 2 atom stereocenters. The van der Waals surface area contributed by atoms with Crippen LogP contribution in [-0.4, -0.2) is 0 Å². The van der Waals surface area contributed by atoms with Gasteiger partial charge >= 0.3 is 0 Å². The Labute approximate surface area is 164 Å². The lowest BCUT2D eigenvalue weighted by Gasteiger charge is -2.21. The summed E-state index contributed by atoms with van der Waals surface area (Å²) in [6, 6.07) is 28.6. The maximum absolute atomic E-state index is 3.50. The molecular weight excluding hydrogens is 326 g/mol. The second-order valence-corrected chi connectivity index (χ2v) is 7.61. The van der Waals surface area contributed by atoms with Gasteiger partial charge in [0, 0.05) is 12.2 Å². The number of anilines is 1. The molecule has 3 aromatic rings. The third kappa shape index (κ3) is 5.47. The van der Waals surface area contributed by atoms with Crippen LogP contribution < -0.4 is 5.32 Å². The Hall–Kier alpha value is -2.54. The second kappa shape index (κ2) is 9.41. The summed E-state index contributed by atoms with van der Waals surface area (Å²) in [6.45, 7) is 7.62. The van der Waals surface area contributed by atoms with Gasteiger partial charge in [-0.05, 0) is 60.4 Å². The summed E-state index contributed by atoms with van der Waals surface area (Å²) in [6.07, 6.45) is 2.38. The standard InChI is InChI=1S/C26H31N/c1-4-23(25-8-6-5-7-9-25)18-21(3)24-14-12-22(13-15-24)19-27-26-16-10-20(2)11-17-26/h5-17,21,23,27H,4,18-19H2,1-3H3. The fourth-order valence-corrected chi connectivity index (χ4v) is 3.67. The van der Waals surface area contributed by atoms with Gasteiger partial charge in [-0.25, -0.2) is 0 Å². The molecule has 1 nitrogen and oxygen atoms in total. The highest BCUT2D eigenvalue weighted by molar-refractivity contribution is 5.45. The van der Waals surface area contributed by atoms with E-state index in [1.165, 1.54) is 40.8 Å². The van der Waals surface area contributed by atoms with Gasteiger partial charge in [-0.15, -0.1) is 0 Å². The minimum atomic E-state index is 0.564. The van der Waals surface area contributed by atoms with Gasteiger partial charge in [-0.3, -0.25) is 0 Å². The largest absolute Gasteiger partial charge is 0.381 e. The highest BCUT2D eigenvalue weighted by Gasteiger charge is 2.15. The molecule has 0 aliphatic rings. The Morgan fingerprint density at radius 1 is 0.778 bits per heavy atom. The third-order valence-corrected chi connectivity index (χ3v) is 5.50. The highest BCUT2D eigenvalue weighted by atomic mass is 14.9. The number of benzene rings is 3. The Kier molecular flexibility index (Phi) is 6.70. The van der Waals surface area contributed by atoms with Gasteiger partial charge < -0.3 is 5.32 Å². The molecule has 0 bridgehead atoms. The molecule has 3 aromatic carbocycles. The van der Waals surface area contributed by atoms with E-state index in [4.69, 9.17) is 0 Å². The van der Waals surface area contributed by atoms with E-state index in [2.05, 4.69) is 105 Å². The Morgan fingerprint density at radius 2 is 1.44 bits per heavy atom. The first kappa shape index (κ1) is 19.2. The van der Waals surface area contributed by atoms with E-state index in [0.29, 0.717) is 11.8 Å². The van der Waals surface area contributed by atoms with Crippen LogP contribution in [0.4, 0.5) is 5.69 Å². The number of hydrogen-bond acceptors (Lipinski definition) is 1. The Morgan fingerprint density at radius 3 is 2.07 bits per heavy atom. The van der Waals surface area contributed by atoms with Gasteiger partial charge in [0.1, 0.15) is 0 Å². The predicted molar refractivity (Wildman–Crippen MR) is 117 cm³/mol. The first-order valence-corrected chi connectivity index (χ1v) is 10.1. The summed E-state index contributed by atoms with van der Waals surface area (Å²) >= 11 is 0. The van der Waals surface area contributed by atoms with Crippen molar-refractivity contribution in [2.24, 2.45) is 0 Å². The van der Waals surface area contributed by atoms with Crippen LogP contribution in [0.25, 0.3) is 0 Å². The van der Waals surface area contributed by atoms with Crippen molar-refractivity contribution >= 4 is 5.69 Å². The van der Waals surface area contributed by atoms with Crippen molar-refractivity contribution in [2.75, 3.05) is 5.32 Å². The molecule has 0 saturated carbocycles. The van der Waals surface area contributed by atoms with E-state index in [0.717, 1.165) is 6.54 Å². The first-order chi connectivity index (χ1) is 13.2. The molecular formula is C26H31N. The number of hydrogen-bond donors (Lipinski definition) is 1. The van der Waals surface area contributed by atoms with Crippen LogP contribution in [0.2, 0.25) is 0 Å². The fraction of sp³-hybridized carbons (Fsp3) is 0.308. The number of rotatable bonds is 8. The highest BCUT2D eigenvalue weighted by Crippen LogP contribution is 2.32. The summed E-state index contributed by atoms with van der Waals surface area (Å²) in [5, 5.41) is 3.50. The molecule has 0 radical (unpaired) electrons. The molecule has 140 valence electrons. The van der Waals surface area contributed by atoms with Crippen molar-refractivity contribution in [1.82, 2.24) is 0 Å². The zero-order valence-corrected chi connectivity index (χ0v) is 16.8. The minimum absolute atomic E-state index is 0.564. The fourth-order valence-electron chi connectivity index (χ4n) is 3.67. The maximum Gasteiger partial charge on any atom is 0.0400 e. The predicted octanol–water partition coefficient (Wildman–Crippen LogP) is 7.29. The first-order valence-electron chi connectivity index (χ1n) is 10.1. The minimum Gasteiger partial charge on any atom is -0.381 e. The van der Waals surface area contributed by atoms with Crippen LogP contribution in [0.15, 0.2) is 78.9 Å². The molecule has 0 amide bonds. The van der Waals surface area contributed by atoms with Crippen molar-refractivity contribution in [3.8, 4) is 0 Å². The summed E-state index contributed by atoms with van der Waals surface area (Å²) in [4.78, 5) is 0. The van der Waals surface area contributed by atoms with Gasteiger partial charge in [0.2, 0.25) is 0 Å². The quantitative estimate of drug-likeness (QED) is 0.446. The molecule has 0 aromatic heterocycles. The van der Waals surface area contributed by atoms with Gasteiger partial charge in [0.15, 0.2) is 0 Å². The number of nitrogens with one attached hydrogen (secondary N) is 1. The molecule has 1 heteroatoms. The summed E-state index contributed by atoms with van der Waals surface area (Å²) in [5.74, 6) is 1.19. The topological polar surface area (TPSA) is 12.0 Å². The van der Waals surface area contributed by atoms with Crippen molar-refractivity contribution in [3.05, 3.63) is 101 Å². The van der Waals surface area contributed by atoms with E-state index in [-0.39, 0.29) is 0 Å². The molecule has 0 saturated heterocycles. The molecule has 0 spiro atoms.